The van der Waals surface area contributed by atoms with Crippen molar-refractivity contribution in [2.75, 3.05) is 0 Å². The highest BCUT2D eigenvalue weighted by atomic mass is 35.5. The van der Waals surface area contributed by atoms with Gasteiger partial charge in [0.05, 0.1) is 10.3 Å². The van der Waals surface area contributed by atoms with E-state index in [2.05, 4.69) is 34.6 Å². The monoisotopic (exact) mass is 440 g/mol. The smallest absolute Gasteiger partial charge is 0.0666 e. The quantitative estimate of drug-likeness (QED) is 0.373. The van der Waals surface area contributed by atoms with Crippen LogP contribution in [-0.2, 0) is 0 Å². The van der Waals surface area contributed by atoms with Crippen LogP contribution in [0.2, 0.25) is 0 Å². The molecule has 4 rings (SSSR count). The van der Waals surface area contributed by atoms with E-state index in [4.69, 9.17) is 23.2 Å². The van der Waals surface area contributed by atoms with Gasteiger partial charge in [-0.15, -0.1) is 23.2 Å². The molecule has 0 nitrogen and oxygen atoms in total. The van der Waals surface area contributed by atoms with Gasteiger partial charge in [-0.05, 0) is 91.3 Å². The minimum Gasteiger partial charge on any atom is -0.121 e. The molecule has 0 amide bonds. The predicted octanol–water partition coefficient (Wildman–Crippen LogP) is 9.08. The van der Waals surface area contributed by atoms with Crippen molar-refractivity contribution < 1.29 is 0 Å². The molecule has 4 saturated carbocycles. The van der Waals surface area contributed by atoms with Gasteiger partial charge in [0.1, 0.15) is 0 Å². The Morgan fingerprint density at radius 2 is 1.62 bits per heavy atom. The summed E-state index contributed by atoms with van der Waals surface area (Å²) in [5.74, 6) is 5.17. The van der Waals surface area contributed by atoms with E-state index in [9.17, 15) is 0 Å². The summed E-state index contributed by atoms with van der Waals surface area (Å²) < 4.78 is 0. The maximum atomic E-state index is 7.40. The third-order valence-electron chi connectivity index (χ3n) is 10.9. The molecule has 0 bridgehead atoms. The molecule has 168 valence electrons. The van der Waals surface area contributed by atoms with Gasteiger partial charge < -0.3 is 0 Å². The van der Waals surface area contributed by atoms with Gasteiger partial charge in [0.15, 0.2) is 0 Å². The van der Waals surface area contributed by atoms with Gasteiger partial charge in [-0.3, -0.25) is 0 Å². The van der Waals surface area contributed by atoms with Crippen molar-refractivity contribution in [2.45, 2.75) is 122 Å². The number of hydrogen-bond acceptors (Lipinski definition) is 0. The fourth-order valence-corrected chi connectivity index (χ4v) is 10.3. The second kappa shape index (κ2) is 8.17. The average Bonchev–Trinajstić information content (AvgIpc) is 3.01. The van der Waals surface area contributed by atoms with Crippen LogP contribution in [0.25, 0.3) is 0 Å². The van der Waals surface area contributed by atoms with E-state index in [1.165, 1.54) is 70.6 Å². The number of halogens is 2. The molecule has 4 aliphatic rings. The van der Waals surface area contributed by atoms with Gasteiger partial charge in [0.25, 0.3) is 0 Å². The van der Waals surface area contributed by atoms with Gasteiger partial charge in [-0.1, -0.05) is 66.7 Å². The van der Waals surface area contributed by atoms with Gasteiger partial charge in [0.2, 0.25) is 0 Å². The van der Waals surface area contributed by atoms with Crippen molar-refractivity contribution in [1.82, 2.24) is 0 Å². The predicted molar refractivity (Wildman–Crippen MR) is 128 cm³/mol. The molecular formula is C27H46Cl2. The van der Waals surface area contributed by atoms with E-state index in [0.29, 0.717) is 5.41 Å². The normalized spacial score (nSPS) is 50.7. The highest BCUT2D eigenvalue weighted by Crippen LogP contribution is 2.71. The number of alkyl halides is 2. The van der Waals surface area contributed by atoms with Crippen LogP contribution in [0.4, 0.5) is 0 Å². The Morgan fingerprint density at radius 1 is 0.897 bits per heavy atom. The zero-order valence-corrected chi connectivity index (χ0v) is 21.3. The van der Waals surface area contributed by atoms with E-state index < -0.39 is 0 Å². The summed E-state index contributed by atoms with van der Waals surface area (Å²) in [7, 11) is 0. The first-order chi connectivity index (χ1) is 13.6. The van der Waals surface area contributed by atoms with Crippen molar-refractivity contribution in [3.63, 3.8) is 0 Å². The fraction of sp³-hybridized carbons (Fsp3) is 1.00. The highest BCUT2D eigenvalue weighted by molar-refractivity contribution is 6.33. The number of fused-ring (bicyclic) bond motifs is 5. The lowest BCUT2D eigenvalue weighted by Gasteiger charge is -2.65. The van der Waals surface area contributed by atoms with Crippen LogP contribution in [0.5, 0.6) is 0 Å². The lowest BCUT2D eigenvalue weighted by Crippen LogP contribution is -2.63. The largest absolute Gasteiger partial charge is 0.121 e. The van der Waals surface area contributed by atoms with E-state index >= 15 is 0 Å². The maximum absolute atomic E-state index is 7.40. The molecule has 4 aliphatic carbocycles. The molecular weight excluding hydrogens is 395 g/mol. The molecule has 0 N–H and O–H groups in total. The van der Waals surface area contributed by atoms with E-state index in [1.807, 2.05) is 0 Å². The summed E-state index contributed by atoms with van der Waals surface area (Å²) in [6.45, 7) is 12.5. The van der Waals surface area contributed by atoms with Crippen LogP contribution in [0.15, 0.2) is 0 Å². The SMILES string of the molecule is CC(C)CCC[C@@H](C)C1CCC2C3CC(Cl)[C@@]4(Cl)CCCCC4(C)C3CCC21C. The third-order valence-corrected chi connectivity index (χ3v) is 12.4. The first kappa shape index (κ1) is 22.8. The summed E-state index contributed by atoms with van der Waals surface area (Å²) in [4.78, 5) is -0.149. The van der Waals surface area contributed by atoms with Crippen LogP contribution < -0.4 is 0 Å². The molecule has 0 heterocycles. The van der Waals surface area contributed by atoms with Crippen LogP contribution >= 0.6 is 23.2 Å². The topological polar surface area (TPSA) is 0 Å². The Morgan fingerprint density at radius 3 is 2.34 bits per heavy atom. The van der Waals surface area contributed by atoms with Crippen molar-refractivity contribution in [2.24, 2.45) is 46.3 Å². The van der Waals surface area contributed by atoms with Gasteiger partial charge in [0, 0.05) is 0 Å². The summed E-state index contributed by atoms with van der Waals surface area (Å²) in [6.07, 6.45) is 16.2. The maximum Gasteiger partial charge on any atom is 0.0666 e. The fourth-order valence-electron chi connectivity index (χ4n) is 9.23. The van der Waals surface area contributed by atoms with Crippen LogP contribution in [0.1, 0.15) is 112 Å². The van der Waals surface area contributed by atoms with Crippen molar-refractivity contribution in [1.29, 1.82) is 0 Å². The Hall–Kier alpha value is 0.580. The third kappa shape index (κ3) is 3.53. The summed E-state index contributed by atoms with van der Waals surface area (Å²) >= 11 is 14.5. The molecule has 29 heavy (non-hydrogen) atoms. The first-order valence-corrected chi connectivity index (χ1v) is 13.8. The summed E-state index contributed by atoms with van der Waals surface area (Å²) in [5.41, 5.74) is 0.802. The van der Waals surface area contributed by atoms with E-state index in [-0.39, 0.29) is 15.7 Å². The minimum atomic E-state index is -0.149. The molecule has 0 saturated heterocycles. The zero-order chi connectivity index (χ0) is 21.0. The lowest BCUT2D eigenvalue weighted by molar-refractivity contribution is -0.103. The Kier molecular flexibility index (Phi) is 6.41. The zero-order valence-electron chi connectivity index (χ0n) is 19.8. The molecule has 0 aromatic heterocycles. The van der Waals surface area contributed by atoms with Gasteiger partial charge in [-0.2, -0.15) is 0 Å². The second-order valence-electron chi connectivity index (χ2n) is 12.6. The molecule has 0 aromatic carbocycles. The standard InChI is InChI=1S/C27H46Cl2/c1-18(2)9-8-10-19(3)21-11-12-22-20-17-24(28)27(29)15-7-6-14-26(27,5)23(20)13-16-25(21,22)4/h18-24H,6-17H2,1-5H3/t19-,20?,21?,22?,23?,24?,25?,26?,27+/m1/s1. The molecule has 0 aromatic rings. The van der Waals surface area contributed by atoms with Crippen molar-refractivity contribution in [3.05, 3.63) is 0 Å². The molecule has 4 fully saturated rings. The molecule has 0 aliphatic heterocycles. The lowest BCUT2D eigenvalue weighted by atomic mass is 9.44. The molecule has 2 heteroatoms. The number of hydrogen-bond donors (Lipinski definition) is 0. The summed E-state index contributed by atoms with van der Waals surface area (Å²) in [6, 6.07) is 0. The number of rotatable bonds is 5. The molecule has 7 unspecified atom stereocenters. The van der Waals surface area contributed by atoms with Crippen LogP contribution in [0.3, 0.4) is 0 Å². The van der Waals surface area contributed by atoms with Crippen molar-refractivity contribution in [3.8, 4) is 0 Å². The first-order valence-electron chi connectivity index (χ1n) is 13.0. The van der Waals surface area contributed by atoms with Crippen molar-refractivity contribution >= 4 is 23.2 Å². The highest BCUT2D eigenvalue weighted by Gasteiger charge is 2.66. The molecule has 9 atom stereocenters. The Labute approximate surface area is 191 Å². The Bertz CT molecular complexity index is 587. The van der Waals surface area contributed by atoms with Crippen LogP contribution in [-0.4, -0.2) is 10.3 Å². The van der Waals surface area contributed by atoms with E-state index in [0.717, 1.165) is 41.9 Å². The Balaban J connectivity index is 1.53. The van der Waals surface area contributed by atoms with E-state index in [1.54, 1.807) is 0 Å². The molecule has 0 radical (unpaired) electrons. The van der Waals surface area contributed by atoms with Gasteiger partial charge in [-0.25, -0.2) is 0 Å². The molecule has 0 spiro atoms. The van der Waals surface area contributed by atoms with Gasteiger partial charge >= 0.3 is 0 Å². The van der Waals surface area contributed by atoms with Crippen LogP contribution in [0, 0.1) is 46.3 Å². The second-order valence-corrected chi connectivity index (χ2v) is 13.8. The summed E-state index contributed by atoms with van der Waals surface area (Å²) in [5, 5.41) is 0.167. The minimum absolute atomic E-state index is 0.149. The average molecular weight is 442 g/mol.